The molecule has 19 heavy (non-hydrogen) atoms. The Balaban J connectivity index is 1.74. The largest absolute Gasteiger partial charge is 0.399 e. The van der Waals surface area contributed by atoms with Crippen LogP contribution in [0.15, 0.2) is 36.7 Å². The first kappa shape index (κ1) is 12.0. The van der Waals surface area contributed by atoms with E-state index in [1.165, 1.54) is 0 Å². The summed E-state index contributed by atoms with van der Waals surface area (Å²) in [6, 6.07) is 7.96. The highest BCUT2D eigenvalue weighted by Crippen LogP contribution is 2.27. The average Bonchev–Trinajstić information content (AvgIpc) is 2.97. The van der Waals surface area contributed by atoms with Gasteiger partial charge in [-0.2, -0.15) is 5.10 Å². The Bertz CT molecular complexity index is 673. The van der Waals surface area contributed by atoms with E-state index in [1.54, 1.807) is 17.5 Å². The first-order chi connectivity index (χ1) is 9.20. The van der Waals surface area contributed by atoms with Crippen molar-refractivity contribution >= 4 is 32.4 Å². The number of fused-ring (bicyclic) bond motifs is 1. The molecule has 1 aromatic carbocycles. The number of thiazole rings is 1. The minimum Gasteiger partial charge on any atom is -0.399 e. The lowest BCUT2D eigenvalue weighted by Crippen LogP contribution is -2.22. The van der Waals surface area contributed by atoms with E-state index in [-0.39, 0.29) is 6.04 Å². The summed E-state index contributed by atoms with van der Waals surface area (Å²) in [6.07, 6.45) is 3.74. The van der Waals surface area contributed by atoms with Gasteiger partial charge in [0.05, 0.1) is 16.8 Å². The summed E-state index contributed by atoms with van der Waals surface area (Å²) in [7, 11) is 0. The van der Waals surface area contributed by atoms with Crippen LogP contribution in [0.25, 0.3) is 10.2 Å². The summed E-state index contributed by atoms with van der Waals surface area (Å²) in [5, 5.41) is 8.51. The third-order valence-corrected chi connectivity index (χ3v) is 3.75. The molecule has 0 aliphatic carbocycles. The van der Waals surface area contributed by atoms with Crippen LogP contribution in [0, 0.1) is 0 Å². The van der Waals surface area contributed by atoms with E-state index in [0.717, 1.165) is 27.6 Å². The lowest BCUT2D eigenvalue weighted by molar-refractivity contribution is 0.561. The van der Waals surface area contributed by atoms with Gasteiger partial charge >= 0.3 is 0 Å². The maximum Gasteiger partial charge on any atom is 0.184 e. The van der Waals surface area contributed by atoms with E-state index in [2.05, 4.69) is 22.3 Å². The van der Waals surface area contributed by atoms with Crippen molar-refractivity contribution in [2.45, 2.75) is 19.5 Å². The molecule has 6 heteroatoms. The Morgan fingerprint density at radius 1 is 1.47 bits per heavy atom. The van der Waals surface area contributed by atoms with Gasteiger partial charge in [-0.1, -0.05) is 11.3 Å². The van der Waals surface area contributed by atoms with Crippen LogP contribution >= 0.6 is 11.3 Å². The molecule has 0 fully saturated rings. The molecule has 1 unspecified atom stereocenters. The molecule has 3 rings (SSSR count). The zero-order chi connectivity index (χ0) is 13.2. The summed E-state index contributed by atoms with van der Waals surface area (Å²) in [5.74, 6) is 0. The molecule has 0 aliphatic rings. The number of nitrogens with zero attached hydrogens (tertiary/aromatic N) is 3. The average molecular weight is 273 g/mol. The zero-order valence-corrected chi connectivity index (χ0v) is 11.4. The predicted molar refractivity (Wildman–Crippen MR) is 79.3 cm³/mol. The van der Waals surface area contributed by atoms with Crippen molar-refractivity contribution in [1.82, 2.24) is 14.8 Å². The Kier molecular flexibility index (Phi) is 3.08. The van der Waals surface area contributed by atoms with Crippen LogP contribution in [0.1, 0.15) is 6.92 Å². The number of rotatable bonds is 4. The first-order valence-corrected chi connectivity index (χ1v) is 6.92. The van der Waals surface area contributed by atoms with Crippen molar-refractivity contribution in [2.24, 2.45) is 0 Å². The molecular formula is C13H15N5S. The van der Waals surface area contributed by atoms with Crippen LogP contribution in [0.2, 0.25) is 0 Å². The number of anilines is 2. The molecule has 3 aromatic rings. The molecular weight excluding hydrogens is 258 g/mol. The first-order valence-electron chi connectivity index (χ1n) is 6.11. The van der Waals surface area contributed by atoms with E-state index in [1.807, 2.05) is 35.1 Å². The van der Waals surface area contributed by atoms with E-state index in [0.29, 0.717) is 0 Å². The number of nitrogen functional groups attached to an aromatic ring is 1. The highest BCUT2D eigenvalue weighted by Gasteiger charge is 2.08. The monoisotopic (exact) mass is 273 g/mol. The normalized spacial score (nSPS) is 12.7. The van der Waals surface area contributed by atoms with Crippen molar-refractivity contribution in [1.29, 1.82) is 0 Å². The molecule has 0 saturated heterocycles. The number of hydrogen-bond donors (Lipinski definition) is 2. The van der Waals surface area contributed by atoms with Gasteiger partial charge in [0.25, 0.3) is 0 Å². The Morgan fingerprint density at radius 3 is 3.16 bits per heavy atom. The van der Waals surface area contributed by atoms with Crippen LogP contribution in [0.3, 0.4) is 0 Å². The fourth-order valence-corrected chi connectivity index (χ4v) is 2.97. The topological polar surface area (TPSA) is 68.8 Å². The van der Waals surface area contributed by atoms with Gasteiger partial charge in [0.2, 0.25) is 0 Å². The molecule has 0 radical (unpaired) electrons. The highest BCUT2D eigenvalue weighted by atomic mass is 32.1. The second-order valence-corrected chi connectivity index (χ2v) is 5.55. The standard InChI is InChI=1S/C13H15N5S/c1-9(8-18-6-2-5-15-18)16-13-17-11-4-3-10(14)7-12(11)19-13/h2-7,9H,8,14H2,1H3,(H,16,17). The predicted octanol–water partition coefficient (Wildman–Crippen LogP) is 2.58. The third-order valence-electron chi connectivity index (χ3n) is 2.80. The van der Waals surface area contributed by atoms with Crippen molar-refractivity contribution in [2.75, 3.05) is 11.1 Å². The Labute approximate surface area is 115 Å². The molecule has 0 amide bonds. The molecule has 0 bridgehead atoms. The molecule has 2 aromatic heterocycles. The smallest absolute Gasteiger partial charge is 0.184 e. The molecule has 0 saturated carbocycles. The van der Waals surface area contributed by atoms with Crippen LogP contribution in [-0.4, -0.2) is 20.8 Å². The van der Waals surface area contributed by atoms with Crippen molar-refractivity contribution in [3.63, 3.8) is 0 Å². The van der Waals surface area contributed by atoms with Gasteiger partial charge < -0.3 is 11.1 Å². The fraction of sp³-hybridized carbons (Fsp3) is 0.231. The number of hydrogen-bond acceptors (Lipinski definition) is 5. The zero-order valence-electron chi connectivity index (χ0n) is 10.6. The van der Waals surface area contributed by atoms with E-state index >= 15 is 0 Å². The van der Waals surface area contributed by atoms with Crippen LogP contribution in [0.5, 0.6) is 0 Å². The molecule has 0 spiro atoms. The van der Waals surface area contributed by atoms with Gasteiger partial charge in [0, 0.05) is 24.1 Å². The Morgan fingerprint density at radius 2 is 2.37 bits per heavy atom. The summed E-state index contributed by atoms with van der Waals surface area (Å²) in [5.41, 5.74) is 7.52. The third kappa shape index (κ3) is 2.68. The summed E-state index contributed by atoms with van der Waals surface area (Å²) in [4.78, 5) is 4.55. The second-order valence-electron chi connectivity index (χ2n) is 4.52. The molecule has 2 heterocycles. The molecule has 5 nitrogen and oxygen atoms in total. The van der Waals surface area contributed by atoms with Crippen molar-refractivity contribution in [3.8, 4) is 0 Å². The lowest BCUT2D eigenvalue weighted by atomic mass is 10.3. The SMILES string of the molecule is CC(Cn1cccn1)Nc1nc2ccc(N)cc2s1. The maximum atomic E-state index is 5.77. The van der Waals surface area contributed by atoms with Gasteiger partial charge in [0.15, 0.2) is 5.13 Å². The van der Waals surface area contributed by atoms with Crippen molar-refractivity contribution < 1.29 is 0 Å². The summed E-state index contributed by atoms with van der Waals surface area (Å²) < 4.78 is 3.01. The van der Waals surface area contributed by atoms with Crippen LogP contribution in [-0.2, 0) is 6.54 Å². The molecule has 98 valence electrons. The quantitative estimate of drug-likeness (QED) is 0.717. The van der Waals surface area contributed by atoms with E-state index < -0.39 is 0 Å². The Hall–Kier alpha value is -2.08. The number of benzene rings is 1. The van der Waals surface area contributed by atoms with Gasteiger partial charge in [-0.3, -0.25) is 4.68 Å². The second kappa shape index (κ2) is 4.89. The molecule has 3 N–H and O–H groups in total. The van der Waals surface area contributed by atoms with E-state index in [9.17, 15) is 0 Å². The maximum absolute atomic E-state index is 5.77. The number of nitrogens with one attached hydrogen (secondary N) is 1. The summed E-state index contributed by atoms with van der Waals surface area (Å²) >= 11 is 1.62. The van der Waals surface area contributed by atoms with Crippen molar-refractivity contribution in [3.05, 3.63) is 36.7 Å². The summed E-state index contributed by atoms with van der Waals surface area (Å²) in [6.45, 7) is 2.92. The van der Waals surface area contributed by atoms with Crippen LogP contribution in [0.4, 0.5) is 10.8 Å². The minimum atomic E-state index is 0.262. The van der Waals surface area contributed by atoms with Gasteiger partial charge in [-0.15, -0.1) is 0 Å². The van der Waals surface area contributed by atoms with Crippen LogP contribution < -0.4 is 11.1 Å². The number of nitrogens with two attached hydrogens (primary N) is 1. The van der Waals surface area contributed by atoms with E-state index in [4.69, 9.17) is 5.73 Å². The minimum absolute atomic E-state index is 0.262. The van der Waals surface area contributed by atoms with Gasteiger partial charge in [-0.25, -0.2) is 4.98 Å². The number of aromatic nitrogens is 3. The molecule has 0 aliphatic heterocycles. The van der Waals surface area contributed by atoms with Gasteiger partial charge in [-0.05, 0) is 31.2 Å². The highest BCUT2D eigenvalue weighted by molar-refractivity contribution is 7.22. The van der Waals surface area contributed by atoms with Gasteiger partial charge in [0.1, 0.15) is 0 Å². The fourth-order valence-electron chi connectivity index (χ4n) is 1.95. The molecule has 1 atom stereocenters. The lowest BCUT2D eigenvalue weighted by Gasteiger charge is -2.12.